The smallest absolute Gasteiger partial charge is 0.300 e. The summed E-state index contributed by atoms with van der Waals surface area (Å²) >= 11 is 6.13. The Balaban J connectivity index is 1.45. The van der Waals surface area contributed by atoms with Crippen LogP contribution in [0, 0.1) is 5.82 Å². The van der Waals surface area contributed by atoms with E-state index < -0.39 is 28.8 Å². The number of nitrogens with zero attached hydrogens (tertiary/aromatic N) is 2. The third kappa shape index (κ3) is 5.95. The van der Waals surface area contributed by atoms with Crippen LogP contribution in [0.15, 0.2) is 60.7 Å². The first-order valence-corrected chi connectivity index (χ1v) is 13.1. The summed E-state index contributed by atoms with van der Waals surface area (Å²) < 4.78 is 51.8. The number of halogens is 4. The van der Waals surface area contributed by atoms with Crippen molar-refractivity contribution in [2.75, 3.05) is 5.32 Å². The fourth-order valence-electron chi connectivity index (χ4n) is 4.44. The second-order valence-electron chi connectivity index (χ2n) is 10.6. The molecule has 0 saturated carbocycles. The zero-order valence-electron chi connectivity index (χ0n) is 22.9. The number of rotatable bonds is 9. The largest absolute Gasteiger partial charge is 0.477 e. The molecule has 0 unspecified atom stereocenters. The van der Waals surface area contributed by atoms with Crippen molar-refractivity contribution in [1.82, 2.24) is 9.55 Å². The lowest BCUT2D eigenvalue weighted by Gasteiger charge is -2.29. The number of carbonyl (C=O) groups excluding carboxylic acids is 1. The normalized spacial score (nSPS) is 12.6. The van der Waals surface area contributed by atoms with E-state index in [1.807, 2.05) is 17.6 Å². The average Bonchev–Trinajstić information content (AvgIpc) is 3.24. The Hall–Kier alpha value is -3.56. The first-order chi connectivity index (χ1) is 18.6. The van der Waals surface area contributed by atoms with E-state index in [4.69, 9.17) is 16.3 Å². The number of hydrogen-bond donors (Lipinski definition) is 2. The van der Waals surface area contributed by atoms with Crippen LogP contribution in [0.3, 0.4) is 0 Å². The molecule has 1 amide bonds. The summed E-state index contributed by atoms with van der Waals surface area (Å²) in [6.07, 6.45) is -0.113. The van der Waals surface area contributed by atoms with Gasteiger partial charge in [0.15, 0.2) is 23.0 Å². The van der Waals surface area contributed by atoms with Crippen LogP contribution < -0.4 is 10.1 Å². The topological polar surface area (TPSA) is 76.4 Å². The van der Waals surface area contributed by atoms with E-state index in [0.29, 0.717) is 28.5 Å². The van der Waals surface area contributed by atoms with E-state index in [2.05, 4.69) is 10.3 Å². The van der Waals surface area contributed by atoms with Crippen LogP contribution in [0.25, 0.3) is 11.0 Å². The zero-order chi connectivity index (χ0) is 29.5. The van der Waals surface area contributed by atoms with Crippen LogP contribution in [0.5, 0.6) is 5.75 Å². The number of benzene rings is 3. The van der Waals surface area contributed by atoms with Crippen LogP contribution in [-0.2, 0) is 29.3 Å². The Kier molecular flexibility index (Phi) is 7.93. The third-order valence-corrected chi connectivity index (χ3v) is 6.83. The molecule has 0 aliphatic carbocycles. The van der Waals surface area contributed by atoms with Gasteiger partial charge >= 0.3 is 5.92 Å². The molecule has 0 atom stereocenters. The van der Waals surface area contributed by atoms with Crippen molar-refractivity contribution in [3.05, 3.63) is 88.5 Å². The Morgan fingerprint density at radius 1 is 1.05 bits per heavy atom. The number of anilines is 1. The Morgan fingerprint density at radius 2 is 1.73 bits per heavy atom. The Bertz CT molecular complexity index is 1540. The molecule has 0 fully saturated rings. The summed E-state index contributed by atoms with van der Waals surface area (Å²) in [4.78, 5) is 17.2. The molecule has 1 heterocycles. The molecule has 0 saturated heterocycles. The van der Waals surface area contributed by atoms with Crippen molar-refractivity contribution >= 4 is 34.2 Å². The molecule has 10 heteroatoms. The second-order valence-corrected chi connectivity index (χ2v) is 11.1. The second kappa shape index (κ2) is 10.8. The van der Waals surface area contributed by atoms with Crippen LogP contribution in [0.1, 0.15) is 51.6 Å². The summed E-state index contributed by atoms with van der Waals surface area (Å²) in [6.45, 7) is 8.25. The highest BCUT2D eigenvalue weighted by molar-refractivity contribution is 6.31. The van der Waals surface area contributed by atoms with Crippen molar-refractivity contribution < 1.29 is 27.8 Å². The molecule has 212 valence electrons. The number of fused-ring (bicyclic) bond motifs is 1. The van der Waals surface area contributed by atoms with Gasteiger partial charge < -0.3 is 19.7 Å². The van der Waals surface area contributed by atoms with E-state index in [1.54, 1.807) is 26.0 Å². The maximum atomic E-state index is 15.1. The third-order valence-electron chi connectivity index (χ3n) is 6.60. The lowest BCUT2D eigenvalue weighted by molar-refractivity contribution is -0.168. The van der Waals surface area contributed by atoms with E-state index in [1.165, 1.54) is 36.4 Å². The number of amides is 1. The van der Waals surface area contributed by atoms with Gasteiger partial charge in [-0.3, -0.25) is 4.79 Å². The van der Waals surface area contributed by atoms with E-state index in [0.717, 1.165) is 25.4 Å². The molecule has 0 spiro atoms. The van der Waals surface area contributed by atoms with Gasteiger partial charge in [-0.15, -0.1) is 0 Å². The lowest BCUT2D eigenvalue weighted by Crippen LogP contribution is -2.40. The number of alkyl halides is 2. The van der Waals surface area contributed by atoms with Crippen LogP contribution in [-0.4, -0.2) is 26.2 Å². The van der Waals surface area contributed by atoms with Crippen LogP contribution in [0.4, 0.5) is 18.9 Å². The molecule has 0 bridgehead atoms. The summed E-state index contributed by atoms with van der Waals surface area (Å²) in [5.74, 6) is -3.99. The minimum absolute atomic E-state index is 0.0148. The number of imidazole rings is 1. The van der Waals surface area contributed by atoms with Gasteiger partial charge in [0, 0.05) is 28.9 Å². The zero-order valence-corrected chi connectivity index (χ0v) is 23.6. The van der Waals surface area contributed by atoms with Gasteiger partial charge in [-0.25, -0.2) is 9.37 Å². The van der Waals surface area contributed by atoms with E-state index in [-0.39, 0.29) is 23.4 Å². The van der Waals surface area contributed by atoms with Gasteiger partial charge in [0.1, 0.15) is 5.60 Å². The SMILES string of the molecule is CCn1c(C(C)(C)Oc2ccc(NC(=O)Cc3ccc(C(F)(F)C(C)(C)O)cc3)cc2F)nc2cc(Cl)ccc21. The van der Waals surface area contributed by atoms with Crippen molar-refractivity contribution in [1.29, 1.82) is 0 Å². The van der Waals surface area contributed by atoms with Gasteiger partial charge in [-0.2, -0.15) is 8.78 Å². The molecule has 0 aliphatic rings. The molecular formula is C30H31ClF3N3O3. The van der Waals surface area contributed by atoms with Gasteiger partial charge in [-0.05, 0) is 70.5 Å². The molecule has 3 aromatic carbocycles. The van der Waals surface area contributed by atoms with Crippen molar-refractivity contribution in [3.63, 3.8) is 0 Å². The number of aromatic nitrogens is 2. The maximum absolute atomic E-state index is 15.1. The first kappa shape index (κ1) is 29.4. The molecule has 4 rings (SSSR count). The molecule has 6 nitrogen and oxygen atoms in total. The lowest BCUT2D eigenvalue weighted by atomic mass is 9.92. The van der Waals surface area contributed by atoms with Crippen LogP contribution >= 0.6 is 11.6 Å². The maximum Gasteiger partial charge on any atom is 0.300 e. The summed E-state index contributed by atoms with van der Waals surface area (Å²) in [5, 5.41) is 12.9. The number of carbonyl (C=O) groups is 1. The predicted octanol–water partition coefficient (Wildman–Crippen LogP) is 7.21. The summed E-state index contributed by atoms with van der Waals surface area (Å²) in [7, 11) is 0. The highest BCUT2D eigenvalue weighted by atomic mass is 35.5. The van der Waals surface area contributed by atoms with Gasteiger partial charge in [0.25, 0.3) is 0 Å². The Morgan fingerprint density at radius 3 is 2.33 bits per heavy atom. The highest BCUT2D eigenvalue weighted by Gasteiger charge is 2.46. The fraction of sp³-hybridized carbons (Fsp3) is 0.333. The standard InChI is InChI=1S/C30H31ClF3N3O3/c1-6-37-24-13-11-20(31)16-23(24)36-27(37)28(2,3)40-25-14-12-21(17-22(25)32)35-26(38)15-18-7-9-19(10-8-18)30(33,34)29(4,5)39/h7-14,16-17,39H,6,15H2,1-5H3,(H,35,38). The monoisotopic (exact) mass is 573 g/mol. The number of nitrogens with one attached hydrogen (secondary N) is 1. The van der Waals surface area contributed by atoms with E-state index in [9.17, 15) is 18.7 Å². The van der Waals surface area contributed by atoms with Gasteiger partial charge in [0.05, 0.1) is 17.5 Å². The molecule has 2 N–H and O–H groups in total. The van der Waals surface area contributed by atoms with Crippen molar-refractivity contribution in [3.8, 4) is 5.75 Å². The van der Waals surface area contributed by atoms with Crippen molar-refractivity contribution in [2.45, 2.75) is 64.7 Å². The van der Waals surface area contributed by atoms with E-state index >= 15 is 4.39 Å². The number of aryl methyl sites for hydroxylation is 1. The predicted molar refractivity (Wildman–Crippen MR) is 149 cm³/mol. The van der Waals surface area contributed by atoms with Gasteiger partial charge in [-0.1, -0.05) is 35.9 Å². The number of hydrogen-bond acceptors (Lipinski definition) is 4. The van der Waals surface area contributed by atoms with Crippen LogP contribution in [0.2, 0.25) is 5.02 Å². The quantitative estimate of drug-likeness (QED) is 0.222. The van der Waals surface area contributed by atoms with Gasteiger partial charge in [0.2, 0.25) is 5.91 Å². The number of aliphatic hydroxyl groups is 1. The first-order valence-electron chi connectivity index (χ1n) is 12.8. The molecule has 0 radical (unpaired) electrons. The number of ether oxygens (including phenoxy) is 1. The average molecular weight is 574 g/mol. The highest BCUT2D eigenvalue weighted by Crippen LogP contribution is 2.38. The summed E-state index contributed by atoms with van der Waals surface area (Å²) in [6, 6.07) is 14.7. The minimum atomic E-state index is -3.46. The summed E-state index contributed by atoms with van der Waals surface area (Å²) in [5.41, 5.74) is -1.30. The molecule has 1 aromatic heterocycles. The molecule has 0 aliphatic heterocycles. The van der Waals surface area contributed by atoms with Crippen molar-refractivity contribution in [2.24, 2.45) is 0 Å². The molecular weight excluding hydrogens is 543 g/mol. The molecule has 4 aromatic rings. The molecule has 40 heavy (non-hydrogen) atoms. The Labute approximate surface area is 235 Å². The minimum Gasteiger partial charge on any atom is -0.477 e. The fourth-order valence-corrected chi connectivity index (χ4v) is 4.61.